The molecule has 2 atom stereocenters. The summed E-state index contributed by atoms with van der Waals surface area (Å²) in [5, 5.41) is 9.48. The van der Waals surface area contributed by atoms with Crippen LogP contribution in [0.3, 0.4) is 0 Å². The van der Waals surface area contributed by atoms with Crippen LogP contribution in [0.4, 0.5) is 4.39 Å². The highest BCUT2D eigenvalue weighted by atomic mass is 19.1. The number of hydrogen-bond acceptors (Lipinski definition) is 2. The van der Waals surface area contributed by atoms with E-state index in [0.29, 0.717) is 17.5 Å². The second kappa shape index (κ2) is 2.54. The molecule has 3 heteroatoms. The van der Waals surface area contributed by atoms with Crippen LogP contribution in [0.25, 0.3) is 0 Å². The van der Waals surface area contributed by atoms with Gasteiger partial charge in [0.15, 0.2) is 0 Å². The minimum Gasteiger partial charge on any atom is -0.387 e. The van der Waals surface area contributed by atoms with E-state index in [1.54, 1.807) is 12.1 Å². The highest BCUT2D eigenvalue weighted by molar-refractivity contribution is 5.36. The number of aliphatic hydroxyl groups excluding tert-OH is 1. The Labute approximate surface area is 69.8 Å². The van der Waals surface area contributed by atoms with Gasteiger partial charge in [-0.1, -0.05) is 12.1 Å². The van der Waals surface area contributed by atoms with E-state index in [0.717, 1.165) is 0 Å². The zero-order valence-electron chi connectivity index (χ0n) is 6.50. The molecule has 2 rings (SSSR count). The van der Waals surface area contributed by atoms with E-state index in [-0.39, 0.29) is 11.9 Å². The zero-order chi connectivity index (χ0) is 8.72. The van der Waals surface area contributed by atoms with Crippen LogP contribution in [0.1, 0.15) is 17.2 Å². The van der Waals surface area contributed by atoms with E-state index in [1.165, 1.54) is 6.07 Å². The lowest BCUT2D eigenvalue weighted by Gasteiger charge is -2.07. The van der Waals surface area contributed by atoms with Gasteiger partial charge in [0, 0.05) is 6.04 Å². The third kappa shape index (κ3) is 0.940. The molecule has 1 aromatic carbocycles. The van der Waals surface area contributed by atoms with Gasteiger partial charge < -0.3 is 10.8 Å². The first kappa shape index (κ1) is 7.71. The largest absolute Gasteiger partial charge is 0.387 e. The number of nitrogens with two attached hydrogens (primary N) is 1. The predicted molar refractivity (Wildman–Crippen MR) is 43.0 cm³/mol. The molecule has 1 aliphatic carbocycles. The fraction of sp³-hybridized carbons (Fsp3) is 0.333. The third-order valence-electron chi connectivity index (χ3n) is 2.32. The molecule has 1 aromatic rings. The number of benzene rings is 1. The van der Waals surface area contributed by atoms with Crippen LogP contribution in [0.2, 0.25) is 0 Å². The smallest absolute Gasteiger partial charge is 0.126 e. The molecular weight excluding hydrogens is 157 g/mol. The second-order valence-electron chi connectivity index (χ2n) is 3.12. The van der Waals surface area contributed by atoms with Crippen molar-refractivity contribution in [2.45, 2.75) is 18.6 Å². The number of aliphatic hydroxyl groups is 1. The standard InChI is InChI=1S/C9H10FNO/c10-7-3-1-2-5-6(7)4-8(11)9(5)12/h1-3,8-9,12H,4,11H2/t8-,9+/m1/s1. The number of halogens is 1. The molecule has 0 fully saturated rings. The SMILES string of the molecule is N[C@@H]1Cc2c(F)cccc2[C@@H]1O. The average Bonchev–Trinajstić information content (AvgIpc) is 2.32. The van der Waals surface area contributed by atoms with Crippen LogP contribution >= 0.6 is 0 Å². The van der Waals surface area contributed by atoms with Gasteiger partial charge >= 0.3 is 0 Å². The van der Waals surface area contributed by atoms with Crippen molar-refractivity contribution >= 4 is 0 Å². The first-order valence-electron chi connectivity index (χ1n) is 3.91. The Morgan fingerprint density at radius 2 is 2.25 bits per heavy atom. The summed E-state index contributed by atoms with van der Waals surface area (Å²) in [6.45, 7) is 0. The van der Waals surface area contributed by atoms with Crippen molar-refractivity contribution in [3.63, 3.8) is 0 Å². The highest BCUT2D eigenvalue weighted by Crippen LogP contribution is 2.31. The van der Waals surface area contributed by atoms with Crippen LogP contribution in [0.5, 0.6) is 0 Å². The first-order chi connectivity index (χ1) is 5.70. The number of fused-ring (bicyclic) bond motifs is 1. The number of rotatable bonds is 0. The molecule has 12 heavy (non-hydrogen) atoms. The Hall–Kier alpha value is -0.930. The molecule has 0 bridgehead atoms. The van der Waals surface area contributed by atoms with Crippen molar-refractivity contribution in [2.24, 2.45) is 5.73 Å². The lowest BCUT2D eigenvalue weighted by molar-refractivity contribution is 0.159. The lowest BCUT2D eigenvalue weighted by atomic mass is 10.1. The van der Waals surface area contributed by atoms with Crippen LogP contribution < -0.4 is 5.73 Å². The molecule has 1 aliphatic rings. The van der Waals surface area contributed by atoms with E-state index >= 15 is 0 Å². The maximum absolute atomic E-state index is 13.1. The Kier molecular flexibility index (Phi) is 1.63. The molecule has 0 aliphatic heterocycles. The fourth-order valence-electron chi connectivity index (χ4n) is 1.65. The highest BCUT2D eigenvalue weighted by Gasteiger charge is 2.29. The molecule has 0 heterocycles. The van der Waals surface area contributed by atoms with Crippen molar-refractivity contribution in [3.05, 3.63) is 35.1 Å². The molecule has 3 N–H and O–H groups in total. The molecule has 0 radical (unpaired) electrons. The topological polar surface area (TPSA) is 46.2 Å². The molecule has 0 amide bonds. The van der Waals surface area contributed by atoms with Crippen LogP contribution in [0.15, 0.2) is 18.2 Å². The molecule has 0 spiro atoms. The molecule has 0 saturated heterocycles. The third-order valence-corrected chi connectivity index (χ3v) is 2.32. The van der Waals surface area contributed by atoms with Crippen molar-refractivity contribution in [1.82, 2.24) is 0 Å². The summed E-state index contributed by atoms with van der Waals surface area (Å²) in [4.78, 5) is 0. The number of hydrogen-bond donors (Lipinski definition) is 2. The van der Waals surface area contributed by atoms with Crippen molar-refractivity contribution in [1.29, 1.82) is 0 Å². The maximum atomic E-state index is 13.1. The predicted octanol–water partition coefficient (Wildman–Crippen LogP) is 0.743. The van der Waals surface area contributed by atoms with Gasteiger partial charge in [-0.25, -0.2) is 4.39 Å². The Morgan fingerprint density at radius 3 is 2.92 bits per heavy atom. The van der Waals surface area contributed by atoms with E-state index in [1.807, 2.05) is 0 Å². The molecular formula is C9H10FNO. The van der Waals surface area contributed by atoms with E-state index in [4.69, 9.17) is 5.73 Å². The van der Waals surface area contributed by atoms with Crippen molar-refractivity contribution < 1.29 is 9.50 Å². The first-order valence-corrected chi connectivity index (χ1v) is 3.91. The quantitative estimate of drug-likeness (QED) is 0.598. The summed E-state index contributed by atoms with van der Waals surface area (Å²) in [5.41, 5.74) is 6.79. The lowest BCUT2D eigenvalue weighted by Crippen LogP contribution is -2.24. The second-order valence-corrected chi connectivity index (χ2v) is 3.12. The van der Waals surface area contributed by atoms with Gasteiger partial charge in [-0.2, -0.15) is 0 Å². The Balaban J connectivity index is 2.53. The average molecular weight is 167 g/mol. The van der Waals surface area contributed by atoms with E-state index in [9.17, 15) is 9.50 Å². The zero-order valence-corrected chi connectivity index (χ0v) is 6.50. The van der Waals surface area contributed by atoms with E-state index < -0.39 is 6.10 Å². The van der Waals surface area contributed by atoms with Crippen LogP contribution in [-0.4, -0.2) is 11.1 Å². The maximum Gasteiger partial charge on any atom is 0.126 e. The summed E-state index contributed by atoms with van der Waals surface area (Å²) in [6, 6.07) is 4.35. The molecule has 0 unspecified atom stereocenters. The summed E-state index contributed by atoms with van der Waals surface area (Å²) in [7, 11) is 0. The molecule has 64 valence electrons. The molecule has 2 nitrogen and oxygen atoms in total. The van der Waals surface area contributed by atoms with E-state index in [2.05, 4.69) is 0 Å². The van der Waals surface area contributed by atoms with Crippen molar-refractivity contribution in [3.8, 4) is 0 Å². The fourth-order valence-corrected chi connectivity index (χ4v) is 1.65. The molecule has 0 aromatic heterocycles. The monoisotopic (exact) mass is 167 g/mol. The van der Waals surface area contributed by atoms with Crippen molar-refractivity contribution in [2.75, 3.05) is 0 Å². The van der Waals surface area contributed by atoms with Gasteiger partial charge in [-0.3, -0.25) is 0 Å². The van der Waals surface area contributed by atoms with Gasteiger partial charge in [-0.15, -0.1) is 0 Å². The minimum atomic E-state index is -0.698. The Morgan fingerprint density at radius 1 is 1.50 bits per heavy atom. The summed E-state index contributed by atoms with van der Waals surface area (Å²) >= 11 is 0. The normalized spacial score (nSPS) is 27.2. The van der Waals surface area contributed by atoms with Crippen LogP contribution in [-0.2, 0) is 6.42 Å². The van der Waals surface area contributed by atoms with Gasteiger partial charge in [0.2, 0.25) is 0 Å². The summed E-state index contributed by atoms with van der Waals surface area (Å²) in [5.74, 6) is -0.264. The van der Waals surface area contributed by atoms with Gasteiger partial charge in [-0.05, 0) is 23.6 Å². The summed E-state index contributed by atoms with van der Waals surface area (Å²) < 4.78 is 13.1. The van der Waals surface area contributed by atoms with Gasteiger partial charge in [0.25, 0.3) is 0 Å². The van der Waals surface area contributed by atoms with Gasteiger partial charge in [0.05, 0.1) is 6.10 Å². The summed E-state index contributed by atoms with van der Waals surface area (Å²) in [6.07, 6.45) is -0.265. The van der Waals surface area contributed by atoms with Crippen LogP contribution in [0, 0.1) is 5.82 Å². The minimum absolute atomic E-state index is 0.264. The Bertz CT molecular complexity index is 313. The molecule has 0 saturated carbocycles. The van der Waals surface area contributed by atoms with Gasteiger partial charge in [0.1, 0.15) is 5.82 Å².